The normalized spacial score (nSPS) is 11.4. The van der Waals surface area contributed by atoms with Gasteiger partial charge in [-0.05, 0) is 59.5 Å². The molecular weight excluding hydrogens is 478 g/mol. The summed E-state index contributed by atoms with van der Waals surface area (Å²) in [5.74, 6) is -1.66. The van der Waals surface area contributed by atoms with Crippen molar-refractivity contribution in [2.24, 2.45) is 11.5 Å². The quantitative estimate of drug-likeness (QED) is 0.231. The number of carboxylic acids is 1. The Morgan fingerprint density at radius 2 is 1.75 bits per heavy atom. The number of primary amides is 1. The van der Waals surface area contributed by atoms with Crippen molar-refractivity contribution in [2.45, 2.75) is 23.9 Å². The minimum atomic E-state index is -1.06. The molecule has 7 N–H and O–H groups in total. The van der Waals surface area contributed by atoms with Crippen LogP contribution in [0, 0.1) is 0 Å². The summed E-state index contributed by atoms with van der Waals surface area (Å²) < 4.78 is 0. The number of hydrogen-bond acceptors (Lipinski definition) is 6. The van der Waals surface area contributed by atoms with E-state index in [2.05, 4.69) is 23.3 Å². The highest BCUT2D eigenvalue weighted by molar-refractivity contribution is 7.80. The first-order valence-corrected chi connectivity index (χ1v) is 11.6. The van der Waals surface area contributed by atoms with Crippen LogP contribution in [0.2, 0.25) is 0 Å². The van der Waals surface area contributed by atoms with Gasteiger partial charge >= 0.3 is 12.0 Å². The van der Waals surface area contributed by atoms with Crippen molar-refractivity contribution in [1.29, 1.82) is 0 Å². The molecule has 3 aromatic rings. The van der Waals surface area contributed by atoms with Crippen LogP contribution in [0.3, 0.4) is 0 Å². The van der Waals surface area contributed by atoms with Gasteiger partial charge < -0.3 is 32.1 Å². The predicted octanol–water partition coefficient (Wildman–Crippen LogP) is 3.48. The number of carbonyl (C=O) groups excluding carboxylic acids is 2. The Morgan fingerprint density at radius 3 is 2.39 bits per heavy atom. The third kappa shape index (κ3) is 7.00. The number of carboxylic acid groups (broad SMARTS) is 1. The van der Waals surface area contributed by atoms with Crippen molar-refractivity contribution in [3.63, 3.8) is 0 Å². The number of rotatable bonds is 10. The van der Waals surface area contributed by atoms with Crippen molar-refractivity contribution in [2.75, 3.05) is 24.2 Å². The zero-order valence-corrected chi connectivity index (χ0v) is 20.7. The molecule has 3 rings (SSSR count). The monoisotopic (exact) mass is 507 g/mol. The largest absolute Gasteiger partial charge is 0.479 e. The Morgan fingerprint density at radius 1 is 1.03 bits per heavy atom. The number of urea groups is 1. The zero-order chi connectivity index (χ0) is 26.2. The van der Waals surface area contributed by atoms with E-state index in [1.165, 1.54) is 6.07 Å². The third-order valence-electron chi connectivity index (χ3n) is 5.65. The van der Waals surface area contributed by atoms with Crippen LogP contribution in [0.1, 0.15) is 33.1 Å². The molecule has 0 saturated carbocycles. The van der Waals surface area contributed by atoms with Gasteiger partial charge in [0.15, 0.2) is 6.04 Å². The fourth-order valence-electron chi connectivity index (χ4n) is 3.54. The molecule has 9 nitrogen and oxygen atoms in total. The van der Waals surface area contributed by atoms with E-state index in [1.807, 2.05) is 12.1 Å². The Labute approximate surface area is 214 Å². The molecule has 0 aliphatic rings. The number of hydrogen-bond donors (Lipinski definition) is 6. The molecule has 0 heterocycles. The van der Waals surface area contributed by atoms with Crippen LogP contribution in [0.4, 0.5) is 16.2 Å². The fraction of sp³-hybridized carbons (Fsp3) is 0.192. The Balaban J connectivity index is 1.60. The van der Waals surface area contributed by atoms with Gasteiger partial charge in [-0.15, -0.1) is 12.6 Å². The number of nitrogens with one attached hydrogen (secondary N) is 2. The van der Waals surface area contributed by atoms with Crippen LogP contribution < -0.4 is 22.1 Å². The van der Waals surface area contributed by atoms with Gasteiger partial charge in [-0.1, -0.05) is 30.3 Å². The molecule has 0 saturated heterocycles. The van der Waals surface area contributed by atoms with Crippen molar-refractivity contribution in [3.8, 4) is 0 Å². The van der Waals surface area contributed by atoms with Crippen molar-refractivity contribution in [3.05, 3.63) is 89.0 Å². The van der Waals surface area contributed by atoms with E-state index in [1.54, 1.807) is 60.5 Å². The molecule has 1 unspecified atom stereocenters. The summed E-state index contributed by atoms with van der Waals surface area (Å²) in [6, 6.07) is 17.6. The Kier molecular flexibility index (Phi) is 8.93. The summed E-state index contributed by atoms with van der Waals surface area (Å²) >= 11 is 4.34. The van der Waals surface area contributed by atoms with Gasteiger partial charge in [-0.3, -0.25) is 4.79 Å². The molecule has 3 aromatic carbocycles. The maximum Gasteiger partial charge on any atom is 0.330 e. The van der Waals surface area contributed by atoms with Crippen molar-refractivity contribution >= 4 is 41.9 Å². The van der Waals surface area contributed by atoms with E-state index in [-0.39, 0.29) is 11.6 Å². The number of amides is 3. The summed E-state index contributed by atoms with van der Waals surface area (Å²) in [6.45, 7) is 0.784. The van der Waals surface area contributed by atoms with Crippen molar-refractivity contribution < 1.29 is 19.5 Å². The second kappa shape index (κ2) is 12.1. The van der Waals surface area contributed by atoms with E-state index >= 15 is 0 Å². The second-order valence-corrected chi connectivity index (χ2v) is 8.73. The van der Waals surface area contributed by atoms with E-state index in [0.29, 0.717) is 36.4 Å². The van der Waals surface area contributed by atoms with E-state index < -0.39 is 17.9 Å². The second-order valence-electron chi connectivity index (χ2n) is 8.25. The molecule has 0 aromatic heterocycles. The Hall–Kier alpha value is -4.02. The Bertz CT molecular complexity index is 1250. The highest BCUT2D eigenvalue weighted by Gasteiger charge is 2.20. The minimum absolute atomic E-state index is 0.255. The molecule has 0 bridgehead atoms. The average Bonchev–Trinajstić information content (AvgIpc) is 2.87. The van der Waals surface area contributed by atoms with E-state index in [0.717, 1.165) is 16.0 Å². The van der Waals surface area contributed by atoms with Gasteiger partial charge in [0.2, 0.25) is 5.91 Å². The summed E-state index contributed by atoms with van der Waals surface area (Å²) in [5, 5.41) is 15.5. The number of benzene rings is 3. The van der Waals surface area contributed by atoms with Gasteiger partial charge in [-0.25, -0.2) is 9.59 Å². The van der Waals surface area contributed by atoms with Crippen LogP contribution in [0.25, 0.3) is 0 Å². The number of likely N-dealkylation sites (N-methyl/N-ethyl adjacent to an activating group) is 1. The lowest BCUT2D eigenvalue weighted by atomic mass is 10.0. The lowest BCUT2D eigenvalue weighted by molar-refractivity contribution is -0.138. The lowest BCUT2D eigenvalue weighted by Crippen LogP contribution is -2.33. The molecule has 0 radical (unpaired) electrons. The summed E-state index contributed by atoms with van der Waals surface area (Å²) in [5.41, 5.74) is 14.7. The molecule has 3 amide bonds. The predicted molar refractivity (Wildman–Crippen MR) is 142 cm³/mol. The minimum Gasteiger partial charge on any atom is -0.479 e. The summed E-state index contributed by atoms with van der Waals surface area (Å²) in [7, 11) is 1.70. The summed E-state index contributed by atoms with van der Waals surface area (Å²) in [4.78, 5) is 38.2. The van der Waals surface area contributed by atoms with Crippen LogP contribution in [0.15, 0.2) is 71.6 Å². The number of anilines is 2. The number of nitrogens with two attached hydrogens (primary N) is 2. The maximum absolute atomic E-state index is 12.5. The molecule has 188 valence electrons. The molecule has 36 heavy (non-hydrogen) atoms. The van der Waals surface area contributed by atoms with Gasteiger partial charge in [0, 0.05) is 42.0 Å². The first-order chi connectivity index (χ1) is 17.2. The highest BCUT2D eigenvalue weighted by atomic mass is 32.1. The molecule has 1 atom stereocenters. The van der Waals surface area contributed by atoms with Crippen molar-refractivity contribution in [1.82, 2.24) is 4.90 Å². The highest BCUT2D eigenvalue weighted by Crippen LogP contribution is 2.22. The molecule has 0 aliphatic heterocycles. The van der Waals surface area contributed by atoms with Gasteiger partial charge in [0.25, 0.3) is 0 Å². The first-order valence-electron chi connectivity index (χ1n) is 11.2. The first kappa shape index (κ1) is 26.6. The topological polar surface area (TPSA) is 151 Å². The van der Waals surface area contributed by atoms with Crippen LogP contribution in [0.5, 0.6) is 0 Å². The standard InChI is InChI=1S/C26H29N5O4S/c1-31(26(35)30-21-9-10-22(36)19(14-21)15-27)12-11-16-5-7-17(8-6-16)23(25(33)34)29-20-4-2-3-18(13-20)24(28)32/h2-10,13-14,23,29,36H,11-12,15,27H2,1H3,(H2,28,32)(H,30,35)(H,33,34). The van der Waals surface area contributed by atoms with Crippen LogP contribution in [-0.2, 0) is 17.8 Å². The zero-order valence-electron chi connectivity index (χ0n) is 19.8. The van der Waals surface area contributed by atoms with E-state index in [4.69, 9.17) is 11.5 Å². The molecule has 0 fully saturated rings. The van der Waals surface area contributed by atoms with Crippen LogP contribution in [-0.4, -0.2) is 41.5 Å². The van der Waals surface area contributed by atoms with Crippen LogP contribution >= 0.6 is 12.6 Å². The number of carbonyl (C=O) groups is 3. The van der Waals surface area contributed by atoms with Gasteiger partial charge in [0.05, 0.1) is 0 Å². The van der Waals surface area contributed by atoms with Gasteiger partial charge in [-0.2, -0.15) is 0 Å². The average molecular weight is 508 g/mol. The fourth-order valence-corrected chi connectivity index (χ4v) is 3.77. The lowest BCUT2D eigenvalue weighted by Gasteiger charge is -2.19. The molecule has 0 spiro atoms. The molecule has 0 aliphatic carbocycles. The third-order valence-corrected chi connectivity index (χ3v) is 6.09. The maximum atomic E-state index is 12.5. The number of nitrogens with zero attached hydrogens (tertiary/aromatic N) is 1. The summed E-state index contributed by atoms with van der Waals surface area (Å²) in [6.07, 6.45) is 0.583. The SMILES string of the molecule is CN(CCc1ccc(C(Nc2cccc(C(N)=O)c2)C(=O)O)cc1)C(=O)Nc1ccc(S)c(CN)c1. The van der Waals surface area contributed by atoms with Gasteiger partial charge in [0.1, 0.15) is 0 Å². The smallest absolute Gasteiger partial charge is 0.330 e. The molecule has 10 heteroatoms. The van der Waals surface area contributed by atoms with E-state index in [9.17, 15) is 19.5 Å². The molecular formula is C26H29N5O4S. The number of aliphatic carboxylic acids is 1. The number of thiol groups is 1.